The fourth-order valence-electron chi connectivity index (χ4n) is 3.99. The fraction of sp³-hybridized carbons (Fsp3) is 0.167. The van der Waals surface area contributed by atoms with Gasteiger partial charge in [-0.25, -0.2) is 4.98 Å². The number of carbonyl (C=O) groups is 1. The van der Waals surface area contributed by atoms with E-state index in [-0.39, 0.29) is 16.4 Å². The lowest BCUT2D eigenvalue weighted by molar-refractivity contribution is -0.384. The van der Waals surface area contributed by atoms with Crippen molar-refractivity contribution < 1.29 is 14.1 Å². The standard InChI is InChI=1S/C24H20N6O4S/c31-22(15-5-7-19(20(12-15)30(32)33)29-10-1-2-11-29)28-24(35)26-17-6-8-21-18(13-17)27-23(34-21)16-4-3-9-25-14-16/h3-9,12-14H,1-2,10-11H2,(H2,26,28,31,35). The zero-order chi connectivity index (χ0) is 24.4. The molecule has 3 heterocycles. The van der Waals surface area contributed by atoms with Crippen LogP contribution in [-0.4, -0.2) is 39.0 Å². The molecular weight excluding hydrogens is 468 g/mol. The Morgan fingerprint density at radius 1 is 1.14 bits per heavy atom. The van der Waals surface area contributed by atoms with Crippen molar-refractivity contribution in [2.75, 3.05) is 23.3 Å². The Morgan fingerprint density at radius 2 is 1.97 bits per heavy atom. The Kier molecular flexibility index (Phi) is 6.06. The van der Waals surface area contributed by atoms with E-state index >= 15 is 0 Å². The van der Waals surface area contributed by atoms with Crippen LogP contribution in [0.4, 0.5) is 17.1 Å². The summed E-state index contributed by atoms with van der Waals surface area (Å²) in [6, 6.07) is 13.4. The van der Waals surface area contributed by atoms with Crippen LogP contribution in [0.3, 0.4) is 0 Å². The Morgan fingerprint density at radius 3 is 2.71 bits per heavy atom. The maximum Gasteiger partial charge on any atom is 0.293 e. The predicted octanol–water partition coefficient (Wildman–Crippen LogP) is 4.53. The van der Waals surface area contributed by atoms with Crippen molar-refractivity contribution in [1.82, 2.24) is 15.3 Å². The number of carbonyl (C=O) groups excluding carboxylic acids is 1. The molecule has 0 spiro atoms. The molecule has 0 radical (unpaired) electrons. The first-order valence-corrected chi connectivity index (χ1v) is 11.4. The molecule has 1 aliphatic rings. The first kappa shape index (κ1) is 22.4. The highest BCUT2D eigenvalue weighted by atomic mass is 32.1. The lowest BCUT2D eigenvalue weighted by atomic mass is 10.1. The third-order valence-corrected chi connectivity index (χ3v) is 5.87. The van der Waals surface area contributed by atoms with Crippen LogP contribution in [0.1, 0.15) is 23.2 Å². The van der Waals surface area contributed by atoms with Gasteiger partial charge in [0, 0.05) is 42.8 Å². The number of benzene rings is 2. The van der Waals surface area contributed by atoms with E-state index in [2.05, 4.69) is 20.6 Å². The van der Waals surface area contributed by atoms with Crippen LogP contribution in [0.5, 0.6) is 0 Å². The summed E-state index contributed by atoms with van der Waals surface area (Å²) in [5, 5.41) is 17.2. The Bertz CT molecular complexity index is 1430. The lowest BCUT2D eigenvalue weighted by Crippen LogP contribution is -2.34. The van der Waals surface area contributed by atoms with Gasteiger partial charge >= 0.3 is 0 Å². The minimum atomic E-state index is -0.542. The average Bonchev–Trinajstić information content (AvgIpc) is 3.54. The molecule has 0 atom stereocenters. The Labute approximate surface area is 205 Å². The van der Waals surface area contributed by atoms with Gasteiger partial charge in [-0.05, 0) is 67.5 Å². The number of nitrogens with one attached hydrogen (secondary N) is 2. The van der Waals surface area contributed by atoms with E-state index < -0.39 is 10.8 Å². The van der Waals surface area contributed by atoms with Gasteiger partial charge in [0.2, 0.25) is 5.89 Å². The summed E-state index contributed by atoms with van der Waals surface area (Å²) in [5.41, 5.74) is 3.13. The number of anilines is 2. The highest BCUT2D eigenvalue weighted by molar-refractivity contribution is 7.80. The van der Waals surface area contributed by atoms with Gasteiger partial charge < -0.3 is 14.6 Å². The van der Waals surface area contributed by atoms with E-state index in [1.165, 1.54) is 6.07 Å². The second-order valence-corrected chi connectivity index (χ2v) is 8.41. The van der Waals surface area contributed by atoms with E-state index in [1.807, 2.05) is 11.0 Å². The molecule has 0 bridgehead atoms. The quantitative estimate of drug-likeness (QED) is 0.237. The molecule has 0 saturated carbocycles. The van der Waals surface area contributed by atoms with Gasteiger partial charge in [-0.15, -0.1) is 0 Å². The first-order chi connectivity index (χ1) is 17.0. The topological polar surface area (TPSA) is 126 Å². The number of thiocarbonyl (C=S) groups is 1. The van der Waals surface area contributed by atoms with Crippen molar-refractivity contribution in [2.24, 2.45) is 0 Å². The van der Waals surface area contributed by atoms with Crippen molar-refractivity contribution in [3.05, 3.63) is 76.6 Å². The molecule has 35 heavy (non-hydrogen) atoms. The molecule has 0 aliphatic carbocycles. The predicted molar refractivity (Wildman–Crippen MR) is 135 cm³/mol. The van der Waals surface area contributed by atoms with E-state index in [1.54, 1.807) is 48.8 Å². The summed E-state index contributed by atoms with van der Waals surface area (Å²) in [6.45, 7) is 1.53. The smallest absolute Gasteiger partial charge is 0.293 e. The van der Waals surface area contributed by atoms with Crippen LogP contribution in [-0.2, 0) is 0 Å². The fourth-order valence-corrected chi connectivity index (χ4v) is 4.20. The molecule has 2 aromatic carbocycles. The monoisotopic (exact) mass is 488 g/mol. The summed E-state index contributed by atoms with van der Waals surface area (Å²) in [6.07, 6.45) is 5.31. The van der Waals surface area contributed by atoms with Crippen molar-refractivity contribution in [3.63, 3.8) is 0 Å². The zero-order valence-corrected chi connectivity index (χ0v) is 19.2. The molecule has 1 fully saturated rings. The van der Waals surface area contributed by atoms with Gasteiger partial charge in [-0.2, -0.15) is 0 Å². The summed E-state index contributed by atoms with van der Waals surface area (Å²) < 4.78 is 5.77. The SMILES string of the molecule is O=C(NC(=S)Nc1ccc2oc(-c3cccnc3)nc2c1)c1ccc(N2CCCC2)c([N+](=O)[O-])c1. The third-order valence-electron chi connectivity index (χ3n) is 5.66. The molecule has 10 nitrogen and oxygen atoms in total. The Hall–Kier alpha value is -4.38. The number of hydrogen-bond donors (Lipinski definition) is 2. The maximum atomic E-state index is 12.7. The van der Waals surface area contributed by atoms with Crippen LogP contribution in [0.2, 0.25) is 0 Å². The van der Waals surface area contributed by atoms with Gasteiger partial charge in [0.1, 0.15) is 11.2 Å². The normalized spacial score (nSPS) is 13.1. The Balaban J connectivity index is 1.28. The van der Waals surface area contributed by atoms with Gasteiger partial charge in [-0.1, -0.05) is 0 Å². The number of fused-ring (bicyclic) bond motifs is 1. The van der Waals surface area contributed by atoms with Crippen molar-refractivity contribution in [2.45, 2.75) is 12.8 Å². The molecule has 4 aromatic rings. The highest BCUT2D eigenvalue weighted by Gasteiger charge is 2.24. The molecule has 5 rings (SSSR count). The van der Waals surface area contributed by atoms with Crippen molar-refractivity contribution in [1.29, 1.82) is 0 Å². The number of nitro groups is 1. The number of nitro benzene ring substituents is 1. The van der Waals surface area contributed by atoms with E-state index in [4.69, 9.17) is 16.6 Å². The number of hydrogen-bond acceptors (Lipinski definition) is 8. The second kappa shape index (κ2) is 9.47. The summed E-state index contributed by atoms with van der Waals surface area (Å²) >= 11 is 5.28. The molecule has 176 valence electrons. The van der Waals surface area contributed by atoms with E-state index in [9.17, 15) is 14.9 Å². The molecule has 0 unspecified atom stereocenters. The van der Waals surface area contributed by atoms with E-state index in [0.29, 0.717) is 28.4 Å². The van der Waals surface area contributed by atoms with Crippen molar-refractivity contribution in [3.8, 4) is 11.5 Å². The van der Waals surface area contributed by atoms with Crippen LogP contribution in [0.15, 0.2) is 65.3 Å². The molecule has 11 heteroatoms. The number of pyridine rings is 1. The number of rotatable bonds is 5. The maximum absolute atomic E-state index is 12.7. The number of amides is 1. The summed E-state index contributed by atoms with van der Waals surface area (Å²) in [4.78, 5) is 34.4. The van der Waals surface area contributed by atoms with Gasteiger partial charge in [-0.3, -0.25) is 25.2 Å². The lowest BCUT2D eigenvalue weighted by Gasteiger charge is -2.18. The van der Waals surface area contributed by atoms with Crippen LogP contribution >= 0.6 is 12.2 Å². The molecule has 1 aliphatic heterocycles. The molecule has 1 saturated heterocycles. The van der Waals surface area contributed by atoms with Gasteiger partial charge in [0.25, 0.3) is 11.6 Å². The average molecular weight is 489 g/mol. The second-order valence-electron chi connectivity index (χ2n) is 8.01. The van der Waals surface area contributed by atoms with Gasteiger partial charge in [0.05, 0.1) is 10.5 Å². The number of oxazole rings is 1. The van der Waals surface area contributed by atoms with Crippen LogP contribution in [0.25, 0.3) is 22.6 Å². The third kappa shape index (κ3) is 4.80. The highest BCUT2D eigenvalue weighted by Crippen LogP contribution is 2.31. The largest absolute Gasteiger partial charge is 0.436 e. The minimum absolute atomic E-state index is 0.0524. The number of aromatic nitrogens is 2. The molecule has 1 amide bonds. The summed E-state index contributed by atoms with van der Waals surface area (Å²) in [5.74, 6) is -0.0972. The van der Waals surface area contributed by atoms with Crippen LogP contribution in [0, 0.1) is 10.1 Å². The molecular formula is C24H20N6O4S. The van der Waals surface area contributed by atoms with Crippen molar-refractivity contribution >= 4 is 51.4 Å². The van der Waals surface area contributed by atoms with Gasteiger partial charge in [0.15, 0.2) is 10.7 Å². The first-order valence-electron chi connectivity index (χ1n) is 10.9. The summed E-state index contributed by atoms with van der Waals surface area (Å²) in [7, 11) is 0. The van der Waals surface area contributed by atoms with Crippen LogP contribution < -0.4 is 15.5 Å². The molecule has 2 aromatic heterocycles. The minimum Gasteiger partial charge on any atom is -0.436 e. The molecule has 2 N–H and O–H groups in total. The zero-order valence-electron chi connectivity index (χ0n) is 18.4. The van der Waals surface area contributed by atoms with E-state index in [0.717, 1.165) is 31.5 Å². The number of nitrogens with zero attached hydrogens (tertiary/aromatic N) is 4.